The van der Waals surface area contributed by atoms with E-state index in [2.05, 4.69) is 57.3 Å². The van der Waals surface area contributed by atoms with E-state index in [1.807, 2.05) is 30.3 Å². The van der Waals surface area contributed by atoms with Gasteiger partial charge in [-0.1, -0.05) is 55.8 Å². The normalized spacial score (nSPS) is 10.3. The molecule has 2 rings (SSSR count). The quantitative estimate of drug-likeness (QED) is 0.674. The molecule has 0 radical (unpaired) electrons. The van der Waals surface area contributed by atoms with Gasteiger partial charge in [0, 0.05) is 17.6 Å². The summed E-state index contributed by atoms with van der Waals surface area (Å²) in [5, 5.41) is 4.12. The second-order valence-electron chi connectivity index (χ2n) is 5.17. The van der Waals surface area contributed by atoms with Crippen molar-refractivity contribution in [2.24, 2.45) is 0 Å². The molecule has 0 bridgehead atoms. The summed E-state index contributed by atoms with van der Waals surface area (Å²) in [6.45, 7) is 3.99. The van der Waals surface area contributed by atoms with E-state index < -0.39 is 0 Å². The predicted octanol–water partition coefficient (Wildman–Crippen LogP) is 5.45. The number of hydrogen-bond acceptors (Lipinski definition) is 1. The lowest BCUT2D eigenvalue weighted by Crippen LogP contribution is -2.35. The molecule has 0 fully saturated rings. The molecular weight excluding hydrogens is 356 g/mol. The van der Waals surface area contributed by atoms with Crippen LogP contribution in [-0.2, 0) is 6.54 Å². The zero-order valence-electron chi connectivity index (χ0n) is 12.8. The Hall–Kier alpha value is -1.39. The van der Waals surface area contributed by atoms with Gasteiger partial charge in [-0.25, -0.2) is 0 Å². The van der Waals surface area contributed by atoms with Gasteiger partial charge in [0.2, 0.25) is 0 Å². The predicted molar refractivity (Wildman–Crippen MR) is 102 cm³/mol. The molecule has 2 aromatic carbocycles. The van der Waals surface area contributed by atoms with Crippen molar-refractivity contribution in [3.8, 4) is 0 Å². The van der Waals surface area contributed by atoms with Gasteiger partial charge in [0.05, 0.1) is 5.69 Å². The van der Waals surface area contributed by atoms with Crippen LogP contribution in [0.2, 0.25) is 0 Å². The Morgan fingerprint density at radius 1 is 1.09 bits per heavy atom. The minimum atomic E-state index is 0.768. The molecule has 0 saturated heterocycles. The van der Waals surface area contributed by atoms with Gasteiger partial charge in [0.15, 0.2) is 5.11 Å². The maximum atomic E-state index is 5.62. The first kappa shape index (κ1) is 17.0. The van der Waals surface area contributed by atoms with Crippen LogP contribution in [0.3, 0.4) is 0 Å². The second kappa shape index (κ2) is 8.91. The van der Waals surface area contributed by atoms with Crippen molar-refractivity contribution >= 4 is 38.9 Å². The average Bonchev–Trinajstić information content (AvgIpc) is 2.54. The standard InChI is InChI=1S/C18H21BrN2S/c1-2-3-13-21(14-15-9-5-4-6-10-15)18(22)20-17-12-8-7-11-16(17)19/h4-12H,2-3,13-14H2,1H3,(H,20,22). The largest absolute Gasteiger partial charge is 0.345 e. The molecule has 4 heteroatoms. The van der Waals surface area contributed by atoms with Crippen molar-refractivity contribution in [1.82, 2.24) is 4.90 Å². The fourth-order valence-electron chi connectivity index (χ4n) is 2.16. The molecule has 0 amide bonds. The number of para-hydroxylation sites is 1. The Kier molecular flexibility index (Phi) is 6.87. The average molecular weight is 377 g/mol. The molecule has 22 heavy (non-hydrogen) atoms. The number of thiocarbonyl (C=S) groups is 1. The number of benzene rings is 2. The van der Waals surface area contributed by atoms with E-state index >= 15 is 0 Å². The number of halogens is 1. The van der Waals surface area contributed by atoms with E-state index in [-0.39, 0.29) is 0 Å². The third kappa shape index (κ3) is 5.11. The molecule has 0 aromatic heterocycles. The summed E-state index contributed by atoms with van der Waals surface area (Å²) in [5.74, 6) is 0. The van der Waals surface area contributed by atoms with Gasteiger partial charge in [-0.15, -0.1) is 0 Å². The molecule has 2 aromatic rings. The highest BCUT2D eigenvalue weighted by Crippen LogP contribution is 2.22. The second-order valence-corrected chi connectivity index (χ2v) is 6.41. The molecule has 0 unspecified atom stereocenters. The summed E-state index contributed by atoms with van der Waals surface area (Å²) in [4.78, 5) is 2.23. The van der Waals surface area contributed by atoms with Crippen molar-refractivity contribution in [3.63, 3.8) is 0 Å². The Balaban J connectivity index is 2.07. The summed E-state index contributed by atoms with van der Waals surface area (Å²) in [6.07, 6.45) is 2.29. The van der Waals surface area contributed by atoms with Gasteiger partial charge in [0.25, 0.3) is 0 Å². The van der Waals surface area contributed by atoms with Crippen molar-refractivity contribution in [2.45, 2.75) is 26.3 Å². The van der Waals surface area contributed by atoms with E-state index in [1.165, 1.54) is 5.56 Å². The van der Waals surface area contributed by atoms with E-state index in [9.17, 15) is 0 Å². The highest BCUT2D eigenvalue weighted by molar-refractivity contribution is 9.10. The molecule has 0 spiro atoms. The number of anilines is 1. The first-order valence-corrected chi connectivity index (χ1v) is 8.75. The Morgan fingerprint density at radius 3 is 2.45 bits per heavy atom. The molecule has 1 N–H and O–H groups in total. The van der Waals surface area contributed by atoms with Crippen LogP contribution in [0.1, 0.15) is 25.3 Å². The number of rotatable bonds is 6. The minimum Gasteiger partial charge on any atom is -0.345 e. The van der Waals surface area contributed by atoms with E-state index in [1.54, 1.807) is 0 Å². The van der Waals surface area contributed by atoms with Gasteiger partial charge in [-0.2, -0.15) is 0 Å². The number of nitrogens with zero attached hydrogens (tertiary/aromatic N) is 1. The van der Waals surface area contributed by atoms with Gasteiger partial charge in [-0.3, -0.25) is 0 Å². The first-order valence-electron chi connectivity index (χ1n) is 7.55. The topological polar surface area (TPSA) is 15.3 Å². The van der Waals surface area contributed by atoms with Crippen LogP contribution in [0.4, 0.5) is 5.69 Å². The number of unbranched alkanes of at least 4 members (excludes halogenated alkanes) is 1. The zero-order valence-corrected chi connectivity index (χ0v) is 15.2. The SMILES string of the molecule is CCCCN(Cc1ccccc1)C(=S)Nc1ccccc1Br. The summed E-state index contributed by atoms with van der Waals surface area (Å²) < 4.78 is 1.02. The molecule has 0 saturated carbocycles. The fourth-order valence-corrected chi connectivity index (χ4v) is 2.81. The highest BCUT2D eigenvalue weighted by atomic mass is 79.9. The van der Waals surface area contributed by atoms with Gasteiger partial charge in [-0.05, 0) is 52.3 Å². The third-order valence-corrected chi connectivity index (χ3v) is 4.45. The smallest absolute Gasteiger partial charge is 0.173 e. The minimum absolute atomic E-state index is 0.768. The van der Waals surface area contributed by atoms with Crippen LogP contribution in [0.5, 0.6) is 0 Å². The van der Waals surface area contributed by atoms with Gasteiger partial charge in [0.1, 0.15) is 0 Å². The molecule has 0 aliphatic heterocycles. The van der Waals surface area contributed by atoms with Crippen LogP contribution < -0.4 is 5.32 Å². The Bertz CT molecular complexity index is 601. The van der Waals surface area contributed by atoms with Crippen molar-refractivity contribution < 1.29 is 0 Å². The maximum Gasteiger partial charge on any atom is 0.173 e. The van der Waals surface area contributed by atoms with Crippen LogP contribution >= 0.6 is 28.1 Å². The maximum absolute atomic E-state index is 5.62. The zero-order chi connectivity index (χ0) is 15.8. The van der Waals surface area contributed by atoms with Gasteiger partial charge >= 0.3 is 0 Å². The monoisotopic (exact) mass is 376 g/mol. The molecule has 0 atom stereocenters. The van der Waals surface area contributed by atoms with Gasteiger partial charge < -0.3 is 10.2 Å². The van der Waals surface area contributed by atoms with Crippen molar-refractivity contribution in [1.29, 1.82) is 0 Å². The Labute approximate surface area is 146 Å². The lowest BCUT2D eigenvalue weighted by molar-refractivity contribution is 0.408. The lowest BCUT2D eigenvalue weighted by atomic mass is 10.2. The fraction of sp³-hybridized carbons (Fsp3) is 0.278. The van der Waals surface area contributed by atoms with Crippen LogP contribution in [0.25, 0.3) is 0 Å². The first-order chi connectivity index (χ1) is 10.7. The van der Waals surface area contributed by atoms with E-state index in [0.29, 0.717) is 0 Å². The summed E-state index contributed by atoms with van der Waals surface area (Å²) >= 11 is 9.18. The lowest BCUT2D eigenvalue weighted by Gasteiger charge is -2.26. The van der Waals surface area contributed by atoms with Crippen LogP contribution in [0.15, 0.2) is 59.1 Å². The van der Waals surface area contributed by atoms with Crippen LogP contribution in [-0.4, -0.2) is 16.6 Å². The Morgan fingerprint density at radius 2 is 1.77 bits per heavy atom. The van der Waals surface area contributed by atoms with E-state index in [0.717, 1.165) is 41.2 Å². The summed E-state index contributed by atoms with van der Waals surface area (Å²) in [7, 11) is 0. The molecule has 2 nitrogen and oxygen atoms in total. The summed E-state index contributed by atoms with van der Waals surface area (Å²) in [5.41, 5.74) is 2.27. The summed E-state index contributed by atoms with van der Waals surface area (Å²) in [6, 6.07) is 18.5. The third-order valence-electron chi connectivity index (χ3n) is 3.40. The molecule has 0 heterocycles. The number of nitrogens with one attached hydrogen (secondary N) is 1. The molecule has 0 aliphatic rings. The molecule has 0 aliphatic carbocycles. The molecule has 116 valence electrons. The molecular formula is C18H21BrN2S. The highest BCUT2D eigenvalue weighted by Gasteiger charge is 2.11. The van der Waals surface area contributed by atoms with Crippen LogP contribution in [0, 0.1) is 0 Å². The number of hydrogen-bond donors (Lipinski definition) is 1. The van der Waals surface area contributed by atoms with Crippen molar-refractivity contribution in [2.75, 3.05) is 11.9 Å². The van der Waals surface area contributed by atoms with E-state index in [4.69, 9.17) is 12.2 Å². The van der Waals surface area contributed by atoms with Crippen molar-refractivity contribution in [3.05, 3.63) is 64.6 Å².